The number of benzene rings is 3. The third kappa shape index (κ3) is 3.61. The molecule has 1 nitrogen and oxygen atoms in total. The number of halogens is 5. The molecule has 142 valence electrons. The first-order chi connectivity index (χ1) is 13.1. The minimum absolute atomic E-state index is 0.0219. The Morgan fingerprint density at radius 2 is 1.32 bits per heavy atom. The van der Waals surface area contributed by atoms with Crippen LogP contribution in [0.1, 0.15) is 22.3 Å². The summed E-state index contributed by atoms with van der Waals surface area (Å²) in [7, 11) is 0. The molecule has 0 unspecified atom stereocenters. The third-order valence-electron chi connectivity index (χ3n) is 4.55. The Bertz CT molecular complexity index is 1080. The van der Waals surface area contributed by atoms with E-state index < -0.39 is 23.4 Å². The van der Waals surface area contributed by atoms with Gasteiger partial charge in [-0.1, -0.05) is 30.3 Å². The largest absolute Gasteiger partial charge is 0.422 e. The standard InChI is InChI=1S/C22H14F5N/c1-12-3-4-15(8-17(12)11-28)14-5-6-18(13(2)7-14)16-9-19(23)21(20(24)10-16)22(25,26)27/h3-10H,1-2H3. The predicted molar refractivity (Wildman–Crippen MR) is 96.4 cm³/mol. The zero-order valence-corrected chi connectivity index (χ0v) is 15.0. The monoisotopic (exact) mass is 387 g/mol. The van der Waals surface area contributed by atoms with Crippen molar-refractivity contribution in [1.82, 2.24) is 0 Å². The molecule has 0 saturated carbocycles. The number of hydrogen-bond donors (Lipinski definition) is 0. The highest BCUT2D eigenvalue weighted by Crippen LogP contribution is 2.37. The Hall–Kier alpha value is -3.20. The van der Waals surface area contributed by atoms with Crippen LogP contribution in [0.3, 0.4) is 0 Å². The molecule has 3 aromatic rings. The molecule has 0 radical (unpaired) electrons. The summed E-state index contributed by atoms with van der Waals surface area (Å²) < 4.78 is 66.1. The van der Waals surface area contributed by atoms with Crippen molar-refractivity contribution < 1.29 is 22.0 Å². The number of rotatable bonds is 2. The molecule has 0 heterocycles. The highest BCUT2D eigenvalue weighted by atomic mass is 19.4. The van der Waals surface area contributed by atoms with Gasteiger partial charge in [0.05, 0.1) is 11.6 Å². The maximum atomic E-state index is 13.9. The Morgan fingerprint density at radius 1 is 0.750 bits per heavy atom. The Kier molecular flexibility index (Phi) is 4.95. The maximum absolute atomic E-state index is 13.9. The molecule has 0 bridgehead atoms. The topological polar surface area (TPSA) is 23.8 Å². The summed E-state index contributed by atoms with van der Waals surface area (Å²) >= 11 is 0. The number of aryl methyl sites for hydroxylation is 2. The molecule has 28 heavy (non-hydrogen) atoms. The van der Waals surface area contributed by atoms with Crippen molar-refractivity contribution in [2.24, 2.45) is 0 Å². The van der Waals surface area contributed by atoms with Gasteiger partial charge in [-0.2, -0.15) is 18.4 Å². The first-order valence-corrected chi connectivity index (χ1v) is 8.30. The fraction of sp³-hybridized carbons (Fsp3) is 0.136. The van der Waals surface area contributed by atoms with Crippen molar-refractivity contribution in [3.05, 3.63) is 82.4 Å². The van der Waals surface area contributed by atoms with E-state index in [1.165, 1.54) is 0 Å². The molecule has 0 N–H and O–H groups in total. The van der Waals surface area contributed by atoms with Crippen LogP contribution in [-0.4, -0.2) is 0 Å². The van der Waals surface area contributed by atoms with Gasteiger partial charge >= 0.3 is 6.18 Å². The van der Waals surface area contributed by atoms with Gasteiger partial charge in [0.2, 0.25) is 0 Å². The van der Waals surface area contributed by atoms with E-state index in [4.69, 9.17) is 5.26 Å². The van der Waals surface area contributed by atoms with E-state index in [0.717, 1.165) is 16.7 Å². The molecule has 0 amide bonds. The average Bonchev–Trinajstić information content (AvgIpc) is 2.60. The lowest BCUT2D eigenvalue weighted by Gasteiger charge is -2.13. The van der Waals surface area contributed by atoms with Crippen LogP contribution in [-0.2, 0) is 6.18 Å². The minimum Gasteiger partial charge on any atom is -0.206 e. The summed E-state index contributed by atoms with van der Waals surface area (Å²) in [4.78, 5) is 0. The van der Waals surface area contributed by atoms with Crippen LogP contribution in [0.15, 0.2) is 48.5 Å². The van der Waals surface area contributed by atoms with E-state index in [1.807, 2.05) is 19.1 Å². The summed E-state index contributed by atoms with van der Waals surface area (Å²) in [6.45, 7) is 3.52. The highest BCUT2D eigenvalue weighted by molar-refractivity contribution is 5.74. The summed E-state index contributed by atoms with van der Waals surface area (Å²) in [6, 6.07) is 13.9. The second-order valence-corrected chi connectivity index (χ2v) is 6.48. The molecule has 0 saturated heterocycles. The van der Waals surface area contributed by atoms with E-state index in [0.29, 0.717) is 28.8 Å². The van der Waals surface area contributed by atoms with Gasteiger partial charge in [-0.05, 0) is 65.4 Å². The molecule has 0 aliphatic carbocycles. The van der Waals surface area contributed by atoms with Gasteiger partial charge in [0.15, 0.2) is 0 Å². The lowest BCUT2D eigenvalue weighted by Crippen LogP contribution is -2.11. The summed E-state index contributed by atoms with van der Waals surface area (Å²) in [6.07, 6.45) is -5.10. The highest BCUT2D eigenvalue weighted by Gasteiger charge is 2.38. The van der Waals surface area contributed by atoms with Gasteiger partial charge in [-0.3, -0.25) is 0 Å². The van der Waals surface area contributed by atoms with Crippen LogP contribution in [0.4, 0.5) is 22.0 Å². The number of nitriles is 1. The first kappa shape index (κ1) is 19.6. The number of alkyl halides is 3. The molecule has 0 aromatic heterocycles. The van der Waals surface area contributed by atoms with Gasteiger partial charge in [0, 0.05) is 0 Å². The summed E-state index contributed by atoms with van der Waals surface area (Å²) in [5.74, 6) is -3.30. The van der Waals surface area contributed by atoms with Gasteiger partial charge in [0.1, 0.15) is 17.2 Å². The van der Waals surface area contributed by atoms with Crippen molar-refractivity contribution in [1.29, 1.82) is 5.26 Å². The smallest absolute Gasteiger partial charge is 0.206 e. The van der Waals surface area contributed by atoms with E-state index >= 15 is 0 Å². The van der Waals surface area contributed by atoms with Gasteiger partial charge in [-0.25, -0.2) is 8.78 Å². The second kappa shape index (κ2) is 7.08. The summed E-state index contributed by atoms with van der Waals surface area (Å²) in [5, 5.41) is 9.17. The van der Waals surface area contributed by atoms with Crippen LogP contribution in [0.25, 0.3) is 22.3 Å². The van der Waals surface area contributed by atoms with Crippen molar-refractivity contribution in [3.8, 4) is 28.3 Å². The molecule has 3 rings (SSSR count). The molecular weight excluding hydrogens is 373 g/mol. The van der Waals surface area contributed by atoms with Crippen molar-refractivity contribution in [2.45, 2.75) is 20.0 Å². The lowest BCUT2D eigenvalue weighted by atomic mass is 9.93. The molecule has 6 heteroatoms. The predicted octanol–water partition coefficient (Wildman–Crippen LogP) is 6.81. The molecule has 0 aliphatic rings. The third-order valence-corrected chi connectivity index (χ3v) is 4.55. The Morgan fingerprint density at radius 3 is 1.86 bits per heavy atom. The van der Waals surface area contributed by atoms with Crippen LogP contribution in [0.2, 0.25) is 0 Å². The van der Waals surface area contributed by atoms with Gasteiger partial charge in [0.25, 0.3) is 0 Å². The first-order valence-electron chi connectivity index (χ1n) is 8.30. The van der Waals surface area contributed by atoms with Crippen LogP contribution >= 0.6 is 0 Å². The number of nitrogens with zero attached hydrogens (tertiary/aromatic N) is 1. The van der Waals surface area contributed by atoms with Gasteiger partial charge < -0.3 is 0 Å². The molecule has 0 aliphatic heterocycles. The molecular formula is C22H14F5N. The quantitative estimate of drug-likeness (QED) is 0.443. The molecule has 0 spiro atoms. The van der Waals surface area contributed by atoms with Crippen molar-refractivity contribution >= 4 is 0 Å². The Balaban J connectivity index is 2.06. The molecule has 0 atom stereocenters. The molecule has 3 aromatic carbocycles. The zero-order chi connectivity index (χ0) is 20.6. The fourth-order valence-electron chi connectivity index (χ4n) is 3.09. The second-order valence-electron chi connectivity index (χ2n) is 6.48. The van der Waals surface area contributed by atoms with Crippen molar-refractivity contribution in [3.63, 3.8) is 0 Å². The lowest BCUT2D eigenvalue weighted by molar-refractivity contribution is -0.142. The zero-order valence-electron chi connectivity index (χ0n) is 15.0. The van der Waals surface area contributed by atoms with E-state index in [1.54, 1.807) is 31.2 Å². The maximum Gasteiger partial charge on any atom is 0.422 e. The van der Waals surface area contributed by atoms with E-state index in [2.05, 4.69) is 6.07 Å². The van der Waals surface area contributed by atoms with Gasteiger partial charge in [-0.15, -0.1) is 0 Å². The normalized spacial score (nSPS) is 11.4. The minimum atomic E-state index is -5.10. The average molecular weight is 387 g/mol. The van der Waals surface area contributed by atoms with Crippen molar-refractivity contribution in [2.75, 3.05) is 0 Å². The van der Waals surface area contributed by atoms with E-state index in [-0.39, 0.29) is 5.56 Å². The summed E-state index contributed by atoms with van der Waals surface area (Å²) in [5.41, 5.74) is 2.13. The van der Waals surface area contributed by atoms with Crippen LogP contribution in [0.5, 0.6) is 0 Å². The SMILES string of the molecule is Cc1ccc(-c2ccc(-c3cc(F)c(C(F)(F)F)c(F)c3)c(C)c2)cc1C#N. The number of hydrogen-bond acceptors (Lipinski definition) is 1. The van der Waals surface area contributed by atoms with Crippen LogP contribution in [0, 0.1) is 36.8 Å². The Labute approximate surface area is 158 Å². The van der Waals surface area contributed by atoms with E-state index in [9.17, 15) is 22.0 Å². The van der Waals surface area contributed by atoms with Crippen LogP contribution < -0.4 is 0 Å². The molecule has 0 fully saturated rings. The fourth-order valence-corrected chi connectivity index (χ4v) is 3.09.